The molecule has 0 aliphatic rings. The number of amides is 1. The van der Waals surface area contributed by atoms with E-state index in [1.54, 1.807) is 6.92 Å². The van der Waals surface area contributed by atoms with Crippen molar-refractivity contribution in [1.29, 1.82) is 0 Å². The number of hydrogen-bond donors (Lipinski definition) is 1. The number of rotatable bonds is 2. The monoisotopic (exact) mass is 257 g/mol. The van der Waals surface area contributed by atoms with Crippen molar-refractivity contribution in [2.24, 2.45) is 0 Å². The SMILES string of the molecule is CCOC(=O)Nc1cccc(Br)c1C. The van der Waals surface area contributed by atoms with E-state index in [0.29, 0.717) is 6.61 Å². The molecule has 0 aliphatic carbocycles. The third-order valence-corrected chi connectivity index (χ3v) is 2.64. The maximum atomic E-state index is 11.1. The third-order valence-electron chi connectivity index (χ3n) is 1.78. The zero-order valence-corrected chi connectivity index (χ0v) is 9.72. The molecule has 3 nitrogen and oxygen atoms in total. The Morgan fingerprint density at radius 1 is 1.57 bits per heavy atom. The minimum absolute atomic E-state index is 0.374. The second kappa shape index (κ2) is 5.00. The Bertz CT molecular complexity index is 339. The van der Waals surface area contributed by atoms with E-state index in [1.165, 1.54) is 0 Å². The third kappa shape index (κ3) is 2.73. The number of nitrogens with one attached hydrogen (secondary N) is 1. The van der Waals surface area contributed by atoms with Crippen molar-refractivity contribution >= 4 is 27.7 Å². The summed E-state index contributed by atoms with van der Waals surface area (Å²) in [5, 5.41) is 2.66. The average molecular weight is 258 g/mol. The van der Waals surface area contributed by atoms with Crippen LogP contribution in [0.25, 0.3) is 0 Å². The normalized spacial score (nSPS) is 9.64. The van der Waals surface area contributed by atoms with Crippen LogP contribution in [-0.2, 0) is 4.74 Å². The van der Waals surface area contributed by atoms with Gasteiger partial charge in [-0.25, -0.2) is 4.79 Å². The van der Waals surface area contributed by atoms with Crippen molar-refractivity contribution in [3.63, 3.8) is 0 Å². The molecule has 0 fully saturated rings. The van der Waals surface area contributed by atoms with Crippen molar-refractivity contribution in [3.8, 4) is 0 Å². The van der Waals surface area contributed by atoms with Crippen LogP contribution >= 0.6 is 15.9 Å². The molecule has 0 aliphatic heterocycles. The molecular formula is C10H12BrNO2. The first kappa shape index (κ1) is 11.0. The first-order chi connectivity index (χ1) is 6.65. The van der Waals surface area contributed by atoms with Crippen LogP contribution in [0, 0.1) is 6.92 Å². The van der Waals surface area contributed by atoms with Gasteiger partial charge in [0.25, 0.3) is 0 Å². The van der Waals surface area contributed by atoms with E-state index in [9.17, 15) is 4.79 Å². The van der Waals surface area contributed by atoms with Crippen molar-refractivity contribution in [2.75, 3.05) is 11.9 Å². The minimum atomic E-state index is -0.422. The maximum absolute atomic E-state index is 11.1. The molecule has 4 heteroatoms. The average Bonchev–Trinajstić information content (AvgIpc) is 2.13. The van der Waals surface area contributed by atoms with Crippen molar-refractivity contribution < 1.29 is 9.53 Å². The molecular weight excluding hydrogens is 246 g/mol. The Morgan fingerprint density at radius 3 is 2.93 bits per heavy atom. The highest BCUT2D eigenvalue weighted by atomic mass is 79.9. The Morgan fingerprint density at radius 2 is 2.29 bits per heavy atom. The molecule has 0 radical (unpaired) electrons. The van der Waals surface area contributed by atoms with E-state index < -0.39 is 6.09 Å². The lowest BCUT2D eigenvalue weighted by atomic mass is 10.2. The molecule has 14 heavy (non-hydrogen) atoms. The van der Waals surface area contributed by atoms with Crippen LogP contribution in [0.4, 0.5) is 10.5 Å². The highest BCUT2D eigenvalue weighted by Gasteiger charge is 2.05. The van der Waals surface area contributed by atoms with Gasteiger partial charge in [-0.05, 0) is 31.5 Å². The van der Waals surface area contributed by atoms with Gasteiger partial charge in [0, 0.05) is 10.2 Å². The van der Waals surface area contributed by atoms with Gasteiger partial charge in [0.05, 0.1) is 6.61 Å². The maximum Gasteiger partial charge on any atom is 0.411 e. The Balaban J connectivity index is 2.76. The Kier molecular flexibility index (Phi) is 3.95. The second-order valence-corrected chi connectivity index (χ2v) is 3.61. The summed E-state index contributed by atoms with van der Waals surface area (Å²) in [6.45, 7) is 4.07. The number of hydrogen-bond acceptors (Lipinski definition) is 2. The molecule has 0 spiro atoms. The van der Waals surface area contributed by atoms with E-state index in [4.69, 9.17) is 4.74 Å². The first-order valence-corrected chi connectivity index (χ1v) is 5.13. The lowest BCUT2D eigenvalue weighted by Crippen LogP contribution is -2.14. The highest BCUT2D eigenvalue weighted by molar-refractivity contribution is 9.10. The fourth-order valence-corrected chi connectivity index (χ4v) is 1.39. The summed E-state index contributed by atoms with van der Waals surface area (Å²) in [6.07, 6.45) is -0.422. The Hall–Kier alpha value is -1.03. The summed E-state index contributed by atoms with van der Waals surface area (Å²) in [5.41, 5.74) is 1.75. The van der Waals surface area contributed by atoms with Crippen LogP contribution in [-0.4, -0.2) is 12.7 Å². The van der Waals surface area contributed by atoms with Gasteiger partial charge in [0.2, 0.25) is 0 Å². The molecule has 1 amide bonds. The quantitative estimate of drug-likeness (QED) is 0.883. The van der Waals surface area contributed by atoms with Gasteiger partial charge >= 0.3 is 6.09 Å². The standard InChI is InChI=1S/C10H12BrNO2/c1-3-14-10(13)12-9-6-4-5-8(11)7(9)2/h4-6H,3H2,1-2H3,(H,12,13). The summed E-state index contributed by atoms with van der Waals surface area (Å²) in [7, 11) is 0. The molecule has 0 aromatic heterocycles. The minimum Gasteiger partial charge on any atom is -0.450 e. The summed E-state index contributed by atoms with van der Waals surface area (Å²) < 4.78 is 5.74. The summed E-state index contributed by atoms with van der Waals surface area (Å²) >= 11 is 3.38. The van der Waals surface area contributed by atoms with E-state index in [0.717, 1.165) is 15.7 Å². The van der Waals surface area contributed by atoms with E-state index in [1.807, 2.05) is 25.1 Å². The van der Waals surface area contributed by atoms with E-state index in [-0.39, 0.29) is 0 Å². The molecule has 1 aromatic carbocycles. The van der Waals surface area contributed by atoms with E-state index in [2.05, 4.69) is 21.2 Å². The molecule has 0 bridgehead atoms. The van der Waals surface area contributed by atoms with Gasteiger partial charge in [-0.1, -0.05) is 22.0 Å². The molecule has 1 N–H and O–H groups in total. The zero-order valence-electron chi connectivity index (χ0n) is 8.13. The molecule has 0 saturated heterocycles. The van der Waals surface area contributed by atoms with Crippen LogP contribution in [0.2, 0.25) is 0 Å². The molecule has 0 saturated carbocycles. The lowest BCUT2D eigenvalue weighted by molar-refractivity contribution is 0.168. The van der Waals surface area contributed by atoms with Crippen molar-refractivity contribution in [1.82, 2.24) is 0 Å². The van der Waals surface area contributed by atoms with Crippen molar-refractivity contribution in [2.45, 2.75) is 13.8 Å². The Labute approximate surface area is 91.6 Å². The second-order valence-electron chi connectivity index (χ2n) is 2.76. The number of anilines is 1. The number of carbonyl (C=O) groups is 1. The van der Waals surface area contributed by atoms with E-state index >= 15 is 0 Å². The predicted octanol–water partition coefficient (Wildman–Crippen LogP) is 3.33. The lowest BCUT2D eigenvalue weighted by Gasteiger charge is -2.08. The zero-order chi connectivity index (χ0) is 10.6. The number of carbonyl (C=O) groups excluding carboxylic acids is 1. The van der Waals surface area contributed by atoms with Gasteiger partial charge in [0.1, 0.15) is 0 Å². The molecule has 0 unspecified atom stereocenters. The van der Waals surface area contributed by atoms with Gasteiger partial charge in [-0.15, -0.1) is 0 Å². The molecule has 0 heterocycles. The summed E-state index contributed by atoms with van der Waals surface area (Å²) in [4.78, 5) is 11.1. The molecule has 76 valence electrons. The fraction of sp³-hybridized carbons (Fsp3) is 0.300. The largest absolute Gasteiger partial charge is 0.450 e. The van der Waals surface area contributed by atoms with Gasteiger partial charge in [0.15, 0.2) is 0 Å². The first-order valence-electron chi connectivity index (χ1n) is 4.34. The predicted molar refractivity (Wildman–Crippen MR) is 59.5 cm³/mol. The topological polar surface area (TPSA) is 38.3 Å². The van der Waals surface area contributed by atoms with Crippen LogP contribution in [0.15, 0.2) is 22.7 Å². The number of ether oxygens (including phenoxy) is 1. The highest BCUT2D eigenvalue weighted by Crippen LogP contribution is 2.23. The van der Waals surface area contributed by atoms with Crippen LogP contribution < -0.4 is 5.32 Å². The summed E-state index contributed by atoms with van der Waals surface area (Å²) in [6, 6.07) is 5.61. The van der Waals surface area contributed by atoms with Crippen LogP contribution in [0.3, 0.4) is 0 Å². The molecule has 1 rings (SSSR count). The van der Waals surface area contributed by atoms with Gasteiger partial charge < -0.3 is 4.74 Å². The number of halogens is 1. The van der Waals surface area contributed by atoms with Crippen LogP contribution in [0.1, 0.15) is 12.5 Å². The number of benzene rings is 1. The molecule has 1 aromatic rings. The van der Waals surface area contributed by atoms with Crippen molar-refractivity contribution in [3.05, 3.63) is 28.2 Å². The molecule has 0 atom stereocenters. The summed E-state index contributed by atoms with van der Waals surface area (Å²) in [5.74, 6) is 0. The fourth-order valence-electron chi connectivity index (χ4n) is 1.02. The van der Waals surface area contributed by atoms with Gasteiger partial charge in [-0.2, -0.15) is 0 Å². The smallest absolute Gasteiger partial charge is 0.411 e. The van der Waals surface area contributed by atoms with Gasteiger partial charge in [-0.3, -0.25) is 5.32 Å². The van der Waals surface area contributed by atoms with Crippen LogP contribution in [0.5, 0.6) is 0 Å².